The van der Waals surface area contributed by atoms with Crippen molar-refractivity contribution in [3.8, 4) is 11.8 Å². The Morgan fingerprint density at radius 1 is 1.33 bits per heavy atom. The van der Waals surface area contributed by atoms with Crippen LogP contribution in [0.5, 0.6) is 5.75 Å². The van der Waals surface area contributed by atoms with E-state index in [1.165, 1.54) is 0 Å². The first kappa shape index (κ1) is 13.1. The molecule has 1 aromatic rings. The molecule has 96 valence electrons. The molecule has 0 saturated heterocycles. The Labute approximate surface area is 109 Å². The van der Waals surface area contributed by atoms with Crippen molar-refractivity contribution in [2.45, 2.75) is 38.1 Å². The van der Waals surface area contributed by atoms with Crippen LogP contribution in [-0.4, -0.2) is 15.4 Å². The second kappa shape index (κ2) is 4.41. The van der Waals surface area contributed by atoms with Crippen LogP contribution in [0, 0.1) is 11.3 Å². The van der Waals surface area contributed by atoms with Crippen LogP contribution in [0.1, 0.15) is 17.5 Å². The normalized spacial score (nSPS) is 22.4. The van der Waals surface area contributed by atoms with Crippen LogP contribution in [0.3, 0.4) is 0 Å². The Morgan fingerprint density at radius 3 is 2.61 bits per heavy atom. The van der Waals surface area contributed by atoms with Crippen LogP contribution in [-0.2, 0) is 16.4 Å². The van der Waals surface area contributed by atoms with E-state index in [9.17, 15) is 5.26 Å². The van der Waals surface area contributed by atoms with Gasteiger partial charge in [-0.05, 0) is 38.5 Å². The van der Waals surface area contributed by atoms with Gasteiger partial charge in [0.05, 0.1) is 7.11 Å². The van der Waals surface area contributed by atoms with Crippen molar-refractivity contribution in [1.82, 2.24) is 0 Å². The van der Waals surface area contributed by atoms with E-state index in [1.807, 2.05) is 18.2 Å². The summed E-state index contributed by atoms with van der Waals surface area (Å²) in [5.74, 6) is 0.865. The molecule has 0 aromatic heterocycles. The summed E-state index contributed by atoms with van der Waals surface area (Å²) < 4.78 is 11.6. The van der Waals surface area contributed by atoms with E-state index < -0.39 is 13.9 Å². The predicted molar refractivity (Wildman–Crippen MR) is 73.0 cm³/mol. The summed E-state index contributed by atoms with van der Waals surface area (Å²) in [6.45, 7) is 6.35. The maximum absolute atomic E-state index is 9.60. The van der Waals surface area contributed by atoms with Gasteiger partial charge < -0.3 is 9.16 Å². The third-order valence-electron chi connectivity index (χ3n) is 3.18. The first-order valence-corrected chi connectivity index (χ1v) is 9.60. The largest absolute Gasteiger partial charge is 0.496 e. The molecule has 0 bridgehead atoms. The highest BCUT2D eigenvalue weighted by molar-refractivity contribution is 6.69. The van der Waals surface area contributed by atoms with Gasteiger partial charge in [0.25, 0.3) is 0 Å². The first-order valence-electron chi connectivity index (χ1n) is 6.20. The zero-order valence-electron chi connectivity index (χ0n) is 11.4. The van der Waals surface area contributed by atoms with Gasteiger partial charge >= 0.3 is 0 Å². The number of hydrogen-bond acceptors (Lipinski definition) is 3. The Hall–Kier alpha value is -1.31. The summed E-state index contributed by atoms with van der Waals surface area (Å²) in [6, 6.07) is 8.27. The van der Waals surface area contributed by atoms with E-state index in [-0.39, 0.29) is 0 Å². The third kappa shape index (κ3) is 2.16. The van der Waals surface area contributed by atoms with Crippen molar-refractivity contribution in [1.29, 1.82) is 5.26 Å². The quantitative estimate of drug-likeness (QED) is 0.785. The standard InChI is InChI=1S/C14H19NO2Si/c1-16-13-7-5-6-12-11(13)8-9-14(12,10-15)17-18(2,3)4/h5-7H,8-9H2,1-4H3. The number of nitriles is 1. The summed E-state index contributed by atoms with van der Waals surface area (Å²) in [5, 5.41) is 9.60. The van der Waals surface area contributed by atoms with Crippen LogP contribution in [0.4, 0.5) is 0 Å². The van der Waals surface area contributed by atoms with Crippen LogP contribution in [0.15, 0.2) is 18.2 Å². The lowest BCUT2D eigenvalue weighted by molar-refractivity contribution is 0.121. The minimum absolute atomic E-state index is 0.726. The molecule has 1 atom stereocenters. The van der Waals surface area contributed by atoms with Crippen molar-refractivity contribution < 1.29 is 9.16 Å². The summed E-state index contributed by atoms with van der Waals surface area (Å²) in [4.78, 5) is 0. The lowest BCUT2D eigenvalue weighted by Crippen LogP contribution is -2.38. The van der Waals surface area contributed by atoms with Gasteiger partial charge in [-0.3, -0.25) is 0 Å². The Morgan fingerprint density at radius 2 is 2.06 bits per heavy atom. The molecule has 18 heavy (non-hydrogen) atoms. The fourth-order valence-corrected chi connectivity index (χ4v) is 3.90. The number of nitrogens with zero attached hydrogens (tertiary/aromatic N) is 1. The van der Waals surface area contributed by atoms with E-state index in [4.69, 9.17) is 9.16 Å². The molecule has 0 heterocycles. The first-order chi connectivity index (χ1) is 8.42. The molecule has 1 unspecified atom stereocenters. The van der Waals surface area contributed by atoms with Gasteiger partial charge in [0.1, 0.15) is 11.8 Å². The third-order valence-corrected chi connectivity index (χ3v) is 4.14. The van der Waals surface area contributed by atoms with E-state index in [0.29, 0.717) is 0 Å². The minimum atomic E-state index is -1.77. The SMILES string of the molecule is COc1cccc2c1CCC2(C#N)O[Si](C)(C)C. The lowest BCUT2D eigenvalue weighted by Gasteiger charge is -2.31. The van der Waals surface area contributed by atoms with Gasteiger partial charge in [0.2, 0.25) is 0 Å². The molecule has 0 aliphatic heterocycles. The maximum Gasteiger partial charge on any atom is 0.186 e. The van der Waals surface area contributed by atoms with E-state index in [2.05, 4.69) is 25.7 Å². The van der Waals surface area contributed by atoms with Crippen molar-refractivity contribution in [3.05, 3.63) is 29.3 Å². The molecule has 0 amide bonds. The van der Waals surface area contributed by atoms with Crippen molar-refractivity contribution in [2.24, 2.45) is 0 Å². The van der Waals surface area contributed by atoms with Crippen LogP contribution < -0.4 is 4.74 Å². The van der Waals surface area contributed by atoms with Crippen LogP contribution >= 0.6 is 0 Å². The monoisotopic (exact) mass is 261 g/mol. The molecule has 1 aliphatic carbocycles. The highest BCUT2D eigenvalue weighted by atomic mass is 28.4. The highest BCUT2D eigenvalue weighted by Crippen LogP contribution is 2.44. The number of ether oxygens (including phenoxy) is 1. The number of hydrogen-bond donors (Lipinski definition) is 0. The van der Waals surface area contributed by atoms with E-state index >= 15 is 0 Å². The maximum atomic E-state index is 9.60. The topological polar surface area (TPSA) is 42.2 Å². The van der Waals surface area contributed by atoms with E-state index in [0.717, 1.165) is 29.7 Å². The summed E-state index contributed by atoms with van der Waals surface area (Å²) in [5.41, 5.74) is 1.35. The second-order valence-corrected chi connectivity index (χ2v) is 10.1. The van der Waals surface area contributed by atoms with Gasteiger partial charge in [-0.25, -0.2) is 0 Å². The zero-order chi connectivity index (χ0) is 13.4. The highest BCUT2D eigenvalue weighted by Gasteiger charge is 2.44. The smallest absolute Gasteiger partial charge is 0.186 e. The molecule has 0 fully saturated rings. The van der Waals surface area contributed by atoms with Gasteiger partial charge in [-0.1, -0.05) is 12.1 Å². The van der Waals surface area contributed by atoms with Crippen molar-refractivity contribution in [2.75, 3.05) is 7.11 Å². The Kier molecular flexibility index (Phi) is 3.22. The molecule has 4 heteroatoms. The molecule has 3 nitrogen and oxygen atoms in total. The average Bonchev–Trinajstić information content (AvgIpc) is 2.67. The molecule has 0 radical (unpaired) electrons. The van der Waals surface area contributed by atoms with Crippen LogP contribution in [0.2, 0.25) is 19.6 Å². The van der Waals surface area contributed by atoms with Crippen LogP contribution in [0.25, 0.3) is 0 Å². The van der Waals surface area contributed by atoms with Crippen molar-refractivity contribution >= 4 is 8.32 Å². The second-order valence-electron chi connectivity index (χ2n) is 5.64. The molecule has 0 N–H and O–H groups in total. The molecular formula is C14H19NO2Si. The summed E-state index contributed by atoms with van der Waals surface area (Å²) in [7, 11) is -0.107. The van der Waals surface area contributed by atoms with Gasteiger partial charge in [0, 0.05) is 11.1 Å². The fraction of sp³-hybridized carbons (Fsp3) is 0.500. The number of methoxy groups -OCH3 is 1. The molecular weight excluding hydrogens is 242 g/mol. The molecule has 1 aliphatic rings. The van der Waals surface area contributed by atoms with Gasteiger partial charge in [0.15, 0.2) is 13.9 Å². The number of fused-ring (bicyclic) bond motifs is 1. The Bertz CT molecular complexity index is 501. The summed E-state index contributed by atoms with van der Waals surface area (Å²) in [6.07, 6.45) is 1.57. The molecule has 2 rings (SSSR count). The number of benzene rings is 1. The van der Waals surface area contributed by atoms with Crippen molar-refractivity contribution in [3.63, 3.8) is 0 Å². The van der Waals surface area contributed by atoms with Gasteiger partial charge in [-0.2, -0.15) is 5.26 Å². The Balaban J connectivity index is 2.49. The zero-order valence-corrected chi connectivity index (χ0v) is 12.4. The minimum Gasteiger partial charge on any atom is -0.496 e. The van der Waals surface area contributed by atoms with E-state index in [1.54, 1.807) is 7.11 Å². The fourth-order valence-electron chi connectivity index (χ4n) is 2.60. The predicted octanol–water partition coefficient (Wildman–Crippen LogP) is 3.21. The number of rotatable bonds is 3. The van der Waals surface area contributed by atoms with Gasteiger partial charge in [-0.15, -0.1) is 0 Å². The summed E-state index contributed by atoms with van der Waals surface area (Å²) >= 11 is 0. The lowest BCUT2D eigenvalue weighted by atomic mass is 9.98. The molecule has 0 spiro atoms. The molecule has 1 aromatic carbocycles. The molecule has 0 saturated carbocycles. The average molecular weight is 261 g/mol.